The predicted molar refractivity (Wildman–Crippen MR) is 79.5 cm³/mol. The fourth-order valence-electron chi connectivity index (χ4n) is 2.30. The van der Waals surface area contributed by atoms with Crippen LogP contribution in [0.3, 0.4) is 0 Å². The minimum Gasteiger partial charge on any atom is -0.398 e. The molecule has 0 spiro atoms. The van der Waals surface area contributed by atoms with Crippen LogP contribution in [0.1, 0.15) is 17.0 Å². The van der Waals surface area contributed by atoms with E-state index in [9.17, 15) is 0 Å². The van der Waals surface area contributed by atoms with Crippen LogP contribution in [0, 0.1) is 13.8 Å². The van der Waals surface area contributed by atoms with Crippen LogP contribution in [0.15, 0.2) is 35.1 Å². The highest BCUT2D eigenvalue weighted by Crippen LogP contribution is 2.28. The highest BCUT2D eigenvalue weighted by Gasteiger charge is 2.09. The first-order chi connectivity index (χ1) is 9.66. The minimum absolute atomic E-state index is 0.669. The van der Waals surface area contributed by atoms with Gasteiger partial charge in [0.25, 0.3) is 0 Å². The summed E-state index contributed by atoms with van der Waals surface area (Å²) < 4.78 is 5.17. The maximum atomic E-state index is 5.97. The highest BCUT2D eigenvalue weighted by molar-refractivity contribution is 6.00. The molecular formula is C15H16N4O. The molecule has 5 nitrogen and oxygen atoms in total. The van der Waals surface area contributed by atoms with E-state index in [4.69, 9.17) is 10.3 Å². The summed E-state index contributed by atoms with van der Waals surface area (Å²) >= 11 is 0. The summed E-state index contributed by atoms with van der Waals surface area (Å²) in [6, 6.07) is 5.83. The van der Waals surface area contributed by atoms with Gasteiger partial charge in [-0.3, -0.25) is 4.98 Å². The Morgan fingerprint density at radius 3 is 2.80 bits per heavy atom. The van der Waals surface area contributed by atoms with Crippen molar-refractivity contribution < 1.29 is 4.52 Å². The molecular weight excluding hydrogens is 252 g/mol. The van der Waals surface area contributed by atoms with Crippen molar-refractivity contribution in [1.82, 2.24) is 10.1 Å². The lowest BCUT2D eigenvalue weighted by Crippen LogP contribution is -2.02. The molecule has 3 N–H and O–H groups in total. The number of benzene rings is 1. The average Bonchev–Trinajstić information content (AvgIpc) is 2.78. The topological polar surface area (TPSA) is 77.0 Å². The third kappa shape index (κ3) is 2.07. The number of aromatic nitrogens is 2. The first kappa shape index (κ1) is 12.5. The molecule has 0 amide bonds. The fraction of sp³-hybridized carbons (Fsp3) is 0.200. The zero-order chi connectivity index (χ0) is 14.1. The van der Waals surface area contributed by atoms with E-state index in [1.807, 2.05) is 32.0 Å². The molecule has 0 saturated carbocycles. The number of aryl methyl sites for hydroxylation is 2. The minimum atomic E-state index is 0.669. The van der Waals surface area contributed by atoms with Crippen LogP contribution in [0.25, 0.3) is 10.8 Å². The summed E-state index contributed by atoms with van der Waals surface area (Å²) in [5, 5.41) is 9.39. The molecule has 5 heteroatoms. The van der Waals surface area contributed by atoms with Crippen molar-refractivity contribution in [1.29, 1.82) is 0 Å². The third-order valence-corrected chi connectivity index (χ3v) is 3.49. The molecule has 0 unspecified atom stereocenters. The Morgan fingerprint density at radius 2 is 2.05 bits per heavy atom. The van der Waals surface area contributed by atoms with Crippen molar-refractivity contribution in [3.63, 3.8) is 0 Å². The number of nitrogen functional groups attached to an aromatic ring is 1. The van der Waals surface area contributed by atoms with E-state index in [2.05, 4.69) is 15.5 Å². The Balaban J connectivity index is 1.94. The molecule has 3 rings (SSSR count). The van der Waals surface area contributed by atoms with E-state index in [0.29, 0.717) is 6.54 Å². The van der Waals surface area contributed by atoms with Gasteiger partial charge in [0.05, 0.1) is 5.69 Å². The van der Waals surface area contributed by atoms with Gasteiger partial charge in [-0.25, -0.2) is 0 Å². The lowest BCUT2D eigenvalue weighted by molar-refractivity contribution is 0.392. The van der Waals surface area contributed by atoms with E-state index < -0.39 is 0 Å². The maximum absolute atomic E-state index is 5.97. The van der Waals surface area contributed by atoms with Crippen molar-refractivity contribution >= 4 is 22.1 Å². The van der Waals surface area contributed by atoms with Gasteiger partial charge in [0.15, 0.2) is 0 Å². The largest absolute Gasteiger partial charge is 0.398 e. The molecule has 0 aliphatic carbocycles. The van der Waals surface area contributed by atoms with Gasteiger partial charge in [0.2, 0.25) is 0 Å². The summed E-state index contributed by atoms with van der Waals surface area (Å²) in [6.45, 7) is 4.53. The van der Waals surface area contributed by atoms with Crippen LogP contribution < -0.4 is 11.1 Å². The van der Waals surface area contributed by atoms with Crippen molar-refractivity contribution in [2.24, 2.45) is 0 Å². The van der Waals surface area contributed by atoms with Crippen LogP contribution in [-0.2, 0) is 6.54 Å². The molecule has 0 atom stereocenters. The molecule has 0 aliphatic rings. The van der Waals surface area contributed by atoms with Gasteiger partial charge in [-0.2, -0.15) is 0 Å². The Morgan fingerprint density at radius 1 is 1.20 bits per heavy atom. The van der Waals surface area contributed by atoms with Crippen LogP contribution in [-0.4, -0.2) is 10.1 Å². The second-order valence-corrected chi connectivity index (χ2v) is 4.78. The normalized spacial score (nSPS) is 10.9. The first-order valence-electron chi connectivity index (χ1n) is 6.44. The van der Waals surface area contributed by atoms with E-state index in [-0.39, 0.29) is 0 Å². The van der Waals surface area contributed by atoms with Gasteiger partial charge in [0.1, 0.15) is 5.76 Å². The van der Waals surface area contributed by atoms with Gasteiger partial charge in [-0.15, -0.1) is 0 Å². The van der Waals surface area contributed by atoms with Gasteiger partial charge < -0.3 is 15.6 Å². The van der Waals surface area contributed by atoms with Crippen molar-refractivity contribution in [3.8, 4) is 0 Å². The standard InChI is InChI=1S/C15H16N4O/c1-9-12(10(2)20-19-9)8-18-15-4-3-14(16)13-7-17-6-5-11(13)15/h3-7,18H,8,16H2,1-2H3. The molecule has 0 saturated heterocycles. The summed E-state index contributed by atoms with van der Waals surface area (Å²) in [5.41, 5.74) is 9.73. The Kier molecular flexibility index (Phi) is 3.02. The second-order valence-electron chi connectivity index (χ2n) is 4.78. The van der Waals surface area contributed by atoms with Crippen molar-refractivity contribution in [2.75, 3.05) is 11.1 Å². The van der Waals surface area contributed by atoms with E-state index >= 15 is 0 Å². The van der Waals surface area contributed by atoms with Crippen molar-refractivity contribution in [2.45, 2.75) is 20.4 Å². The van der Waals surface area contributed by atoms with Gasteiger partial charge in [-0.1, -0.05) is 5.16 Å². The monoisotopic (exact) mass is 268 g/mol. The quantitative estimate of drug-likeness (QED) is 0.714. The number of rotatable bonds is 3. The number of fused-ring (bicyclic) bond motifs is 1. The number of nitrogens with one attached hydrogen (secondary N) is 1. The molecule has 1 aromatic carbocycles. The molecule has 3 aromatic rings. The molecule has 102 valence electrons. The number of nitrogens with zero attached hydrogens (tertiary/aromatic N) is 2. The number of hydrogen-bond acceptors (Lipinski definition) is 5. The first-order valence-corrected chi connectivity index (χ1v) is 6.44. The van der Waals surface area contributed by atoms with E-state index in [1.54, 1.807) is 12.4 Å². The molecule has 0 aliphatic heterocycles. The summed E-state index contributed by atoms with van der Waals surface area (Å²) in [7, 11) is 0. The molecule has 0 radical (unpaired) electrons. The maximum Gasteiger partial charge on any atom is 0.138 e. The fourth-order valence-corrected chi connectivity index (χ4v) is 2.30. The summed E-state index contributed by atoms with van der Waals surface area (Å²) in [6.07, 6.45) is 3.55. The molecule has 0 bridgehead atoms. The average molecular weight is 268 g/mol. The Hall–Kier alpha value is -2.56. The van der Waals surface area contributed by atoms with Gasteiger partial charge in [0, 0.05) is 46.6 Å². The molecule has 2 heterocycles. The van der Waals surface area contributed by atoms with Crippen LogP contribution in [0.5, 0.6) is 0 Å². The zero-order valence-corrected chi connectivity index (χ0v) is 11.5. The Bertz CT molecular complexity index is 744. The number of pyridine rings is 1. The molecule has 0 fully saturated rings. The third-order valence-electron chi connectivity index (χ3n) is 3.49. The lowest BCUT2D eigenvalue weighted by Gasteiger charge is -2.11. The lowest BCUT2D eigenvalue weighted by atomic mass is 10.1. The van der Waals surface area contributed by atoms with E-state index in [1.165, 1.54) is 0 Å². The number of hydrogen-bond donors (Lipinski definition) is 2. The molecule has 2 aromatic heterocycles. The molecule has 20 heavy (non-hydrogen) atoms. The highest BCUT2D eigenvalue weighted by atomic mass is 16.5. The number of nitrogens with two attached hydrogens (primary N) is 1. The predicted octanol–water partition coefficient (Wildman–Crippen LogP) is 3.03. The Labute approximate surface area is 116 Å². The smallest absolute Gasteiger partial charge is 0.138 e. The van der Waals surface area contributed by atoms with Gasteiger partial charge >= 0.3 is 0 Å². The van der Waals surface area contributed by atoms with Crippen molar-refractivity contribution in [3.05, 3.63) is 47.6 Å². The van der Waals surface area contributed by atoms with E-state index in [0.717, 1.165) is 39.2 Å². The van der Waals surface area contributed by atoms with Crippen LogP contribution in [0.2, 0.25) is 0 Å². The zero-order valence-electron chi connectivity index (χ0n) is 11.5. The SMILES string of the molecule is Cc1noc(C)c1CNc1ccc(N)c2cnccc12. The number of anilines is 2. The van der Waals surface area contributed by atoms with Crippen LogP contribution in [0.4, 0.5) is 11.4 Å². The summed E-state index contributed by atoms with van der Waals surface area (Å²) in [4.78, 5) is 4.12. The summed E-state index contributed by atoms with van der Waals surface area (Å²) in [5.74, 6) is 0.844. The second kappa shape index (κ2) is 4.85. The van der Waals surface area contributed by atoms with Crippen LogP contribution >= 0.6 is 0 Å². The van der Waals surface area contributed by atoms with Gasteiger partial charge in [-0.05, 0) is 32.0 Å².